The van der Waals surface area contributed by atoms with Crippen LogP contribution < -0.4 is 0 Å². The molecule has 1 heteroatoms. The van der Waals surface area contributed by atoms with Gasteiger partial charge in [0.2, 0.25) is 0 Å². The molecule has 0 aliphatic heterocycles. The molecular formula is C46H28O. The van der Waals surface area contributed by atoms with Crippen molar-refractivity contribution in [3.63, 3.8) is 0 Å². The molecule has 0 atom stereocenters. The van der Waals surface area contributed by atoms with Gasteiger partial charge in [0.1, 0.15) is 11.2 Å². The number of furan rings is 1. The molecule has 1 nitrogen and oxygen atoms in total. The molecular weight excluding hydrogens is 569 g/mol. The lowest BCUT2D eigenvalue weighted by Crippen LogP contribution is -1.92. The molecule has 0 bridgehead atoms. The Hall–Kier alpha value is -6.18. The van der Waals surface area contributed by atoms with Gasteiger partial charge in [-0.2, -0.15) is 0 Å². The van der Waals surface area contributed by atoms with Gasteiger partial charge < -0.3 is 4.42 Å². The molecule has 0 aliphatic carbocycles. The molecule has 9 aromatic carbocycles. The summed E-state index contributed by atoms with van der Waals surface area (Å²) >= 11 is 0. The van der Waals surface area contributed by atoms with Crippen LogP contribution in [0.4, 0.5) is 0 Å². The maximum atomic E-state index is 9.88. The summed E-state index contributed by atoms with van der Waals surface area (Å²) in [4.78, 5) is 0. The van der Waals surface area contributed by atoms with Crippen molar-refractivity contribution >= 4 is 65.0 Å². The number of hydrogen-bond donors (Lipinski definition) is 0. The molecule has 1 aromatic heterocycles. The van der Waals surface area contributed by atoms with Gasteiger partial charge in [-0.15, -0.1) is 0 Å². The highest BCUT2D eigenvalue weighted by Gasteiger charge is 2.20. The minimum absolute atomic E-state index is 0.0573. The molecule has 0 fully saturated rings. The Kier molecular flexibility index (Phi) is 3.79. The van der Waals surface area contributed by atoms with E-state index in [1.807, 2.05) is 78.9 Å². The van der Waals surface area contributed by atoms with Gasteiger partial charge in [0.15, 0.2) is 0 Å². The van der Waals surface area contributed by atoms with Gasteiger partial charge >= 0.3 is 0 Å². The molecule has 47 heavy (non-hydrogen) atoms. The quantitative estimate of drug-likeness (QED) is 0.182. The van der Waals surface area contributed by atoms with Crippen LogP contribution >= 0.6 is 0 Å². The summed E-state index contributed by atoms with van der Waals surface area (Å²) in [5.41, 5.74) is 3.08. The van der Waals surface area contributed by atoms with E-state index >= 15 is 0 Å². The molecule has 10 aromatic rings. The first-order chi connectivity index (χ1) is 27.9. The van der Waals surface area contributed by atoms with Crippen LogP contribution in [0.25, 0.3) is 98.4 Å². The summed E-state index contributed by atoms with van der Waals surface area (Å²) in [6.07, 6.45) is 0. The average molecular weight is 608 g/mol. The lowest BCUT2D eigenvalue weighted by atomic mass is 9.83. The van der Waals surface area contributed by atoms with Crippen molar-refractivity contribution in [1.82, 2.24) is 0 Å². The van der Waals surface area contributed by atoms with Crippen LogP contribution in [0.5, 0.6) is 0 Å². The van der Waals surface area contributed by atoms with E-state index in [9.17, 15) is 4.11 Å². The van der Waals surface area contributed by atoms with E-state index in [4.69, 9.17) is 15.4 Å². The molecule has 0 saturated heterocycles. The lowest BCUT2D eigenvalue weighted by Gasteiger charge is -2.19. The average Bonchev–Trinajstić information content (AvgIpc) is 3.62. The highest BCUT2D eigenvalue weighted by molar-refractivity contribution is 6.24. The fraction of sp³-hybridized carbons (Fsp3) is 0. The Balaban J connectivity index is 1.37. The maximum Gasteiger partial charge on any atom is 0.143 e. The van der Waals surface area contributed by atoms with Crippen LogP contribution in [0.3, 0.4) is 0 Å². The van der Waals surface area contributed by atoms with Crippen molar-refractivity contribution in [2.75, 3.05) is 0 Å². The van der Waals surface area contributed by atoms with Crippen molar-refractivity contribution in [2.45, 2.75) is 0 Å². The maximum absolute atomic E-state index is 9.88. The molecule has 0 N–H and O–H groups in total. The first kappa shape index (κ1) is 17.5. The number of benzene rings is 9. The number of fused-ring (bicyclic) bond motifs is 8. The molecule has 218 valence electrons. The Morgan fingerprint density at radius 2 is 1.06 bits per heavy atom. The summed E-state index contributed by atoms with van der Waals surface area (Å²) < 4.78 is 104. The van der Waals surface area contributed by atoms with Crippen LogP contribution in [0.1, 0.15) is 15.1 Å². The van der Waals surface area contributed by atoms with Gasteiger partial charge in [0.05, 0.1) is 15.1 Å². The van der Waals surface area contributed by atoms with Gasteiger partial charge in [0.25, 0.3) is 0 Å². The summed E-state index contributed by atoms with van der Waals surface area (Å²) in [6, 6.07) is 27.2. The van der Waals surface area contributed by atoms with Crippen LogP contribution in [-0.4, -0.2) is 0 Å². The van der Waals surface area contributed by atoms with Gasteiger partial charge in [0, 0.05) is 16.2 Å². The highest BCUT2D eigenvalue weighted by atomic mass is 16.3. The first-order valence-electron chi connectivity index (χ1n) is 20.8. The number of hydrogen-bond acceptors (Lipinski definition) is 1. The van der Waals surface area contributed by atoms with Crippen molar-refractivity contribution in [3.05, 3.63) is 170 Å². The van der Waals surface area contributed by atoms with E-state index in [1.165, 1.54) is 0 Å². The Labute approximate surface area is 287 Å². The second kappa shape index (κ2) is 10.2. The first-order valence-corrected chi connectivity index (χ1v) is 15.3. The van der Waals surface area contributed by atoms with Crippen molar-refractivity contribution in [2.24, 2.45) is 0 Å². The summed E-state index contributed by atoms with van der Waals surface area (Å²) in [5, 5.41) is 6.54. The van der Waals surface area contributed by atoms with Gasteiger partial charge in [-0.05, 0) is 101 Å². The Bertz CT molecular complexity index is 3390. The topological polar surface area (TPSA) is 13.1 Å². The van der Waals surface area contributed by atoms with Crippen molar-refractivity contribution in [3.8, 4) is 33.4 Å². The molecule has 0 amide bonds. The fourth-order valence-electron chi connectivity index (χ4n) is 6.99. The van der Waals surface area contributed by atoms with Crippen LogP contribution in [-0.2, 0) is 0 Å². The van der Waals surface area contributed by atoms with Crippen LogP contribution in [0.15, 0.2) is 174 Å². The zero-order chi connectivity index (χ0) is 40.5. The molecule has 0 spiro atoms. The second-order valence-electron chi connectivity index (χ2n) is 11.6. The second-order valence-corrected chi connectivity index (χ2v) is 11.6. The highest BCUT2D eigenvalue weighted by Crippen LogP contribution is 2.47. The molecule has 0 aliphatic rings. The van der Waals surface area contributed by atoms with Crippen molar-refractivity contribution in [1.29, 1.82) is 0 Å². The molecule has 0 radical (unpaired) electrons. The van der Waals surface area contributed by atoms with E-state index in [1.54, 1.807) is 0 Å². The minimum atomic E-state index is -0.651. The predicted octanol–water partition coefficient (Wildman–Crippen LogP) is 13.2. The Morgan fingerprint density at radius 1 is 0.404 bits per heavy atom. The van der Waals surface area contributed by atoms with Gasteiger partial charge in [-0.1, -0.05) is 139 Å². The van der Waals surface area contributed by atoms with E-state index in [-0.39, 0.29) is 21.9 Å². The summed E-state index contributed by atoms with van der Waals surface area (Å²) in [7, 11) is 0. The van der Waals surface area contributed by atoms with Crippen LogP contribution in [0.2, 0.25) is 0 Å². The lowest BCUT2D eigenvalue weighted by molar-refractivity contribution is 0.672. The Morgan fingerprint density at radius 3 is 1.83 bits per heavy atom. The normalized spacial score (nSPS) is 15.1. The largest absolute Gasteiger partial charge is 0.455 e. The third kappa shape index (κ3) is 3.97. The van der Waals surface area contributed by atoms with Gasteiger partial charge in [-0.3, -0.25) is 0 Å². The summed E-state index contributed by atoms with van der Waals surface area (Å²) in [5.74, 6) is 0. The molecule has 10 rings (SSSR count). The zero-order valence-electron chi connectivity index (χ0n) is 35.7. The summed E-state index contributed by atoms with van der Waals surface area (Å²) in [6.45, 7) is 0. The third-order valence-corrected chi connectivity index (χ3v) is 9.02. The van der Waals surface area contributed by atoms with E-state index in [2.05, 4.69) is 24.3 Å². The number of rotatable bonds is 3. The minimum Gasteiger partial charge on any atom is -0.455 e. The third-order valence-electron chi connectivity index (χ3n) is 9.02. The zero-order valence-corrected chi connectivity index (χ0v) is 24.7. The van der Waals surface area contributed by atoms with E-state index in [0.717, 1.165) is 54.6 Å². The molecule has 1 heterocycles. The predicted molar refractivity (Wildman–Crippen MR) is 200 cm³/mol. The standard InChI is InChI=1S/C46H28O/c1-2-12-29(13-3-1)33-26-31-15-5-6-16-34(31)42(28-33)45-38-20-10-8-18-36(38)44(37-19-9-11-21-39(37)45)32-23-25-43-41(27-32)40-24-22-30-14-4-7-17-35(30)46(40)47-43/h1-28H/i1D,2D,3D,5D,6D,12D,13D,15D,16D,26D,28D. The van der Waals surface area contributed by atoms with Crippen LogP contribution in [0, 0.1) is 0 Å². The van der Waals surface area contributed by atoms with Gasteiger partial charge in [-0.25, -0.2) is 0 Å². The fourth-order valence-corrected chi connectivity index (χ4v) is 6.99. The SMILES string of the molecule is [2H]c1c([2H])c([2H])c(-c2c([2H])c(-c3c4ccccc4c(-c4ccc5oc6c7ccccc7ccc6c5c4)c4ccccc34)c3c([2H])c([2H])c([2H])c([2H])c3c2[2H])c([2H])c1[2H]. The van der Waals surface area contributed by atoms with E-state index < -0.39 is 72.0 Å². The molecule has 0 saturated carbocycles. The molecule has 0 unspecified atom stereocenters. The van der Waals surface area contributed by atoms with E-state index in [0.29, 0.717) is 16.3 Å². The monoisotopic (exact) mass is 607 g/mol. The smallest absolute Gasteiger partial charge is 0.143 e. The van der Waals surface area contributed by atoms with Crippen molar-refractivity contribution < 1.29 is 19.5 Å².